The highest BCUT2D eigenvalue weighted by molar-refractivity contribution is 5.76. The van der Waals surface area contributed by atoms with Gasteiger partial charge in [-0.1, -0.05) is 36.4 Å². The monoisotopic (exact) mass is 389 g/mol. The van der Waals surface area contributed by atoms with E-state index in [0.717, 1.165) is 29.3 Å². The number of amides is 1. The minimum atomic E-state index is -0.126. The van der Waals surface area contributed by atoms with Crippen LogP contribution in [0.1, 0.15) is 30.8 Å². The molecule has 0 aliphatic carbocycles. The Morgan fingerprint density at radius 2 is 1.90 bits per heavy atom. The highest BCUT2D eigenvalue weighted by Crippen LogP contribution is 2.27. The fourth-order valence-electron chi connectivity index (χ4n) is 3.33. The Balaban J connectivity index is 0.000000755. The van der Waals surface area contributed by atoms with Gasteiger partial charge in [0.15, 0.2) is 0 Å². The average molecular weight is 389 g/mol. The molecule has 5 nitrogen and oxygen atoms in total. The van der Waals surface area contributed by atoms with Gasteiger partial charge in [0.25, 0.3) is 0 Å². The quantitative estimate of drug-likeness (QED) is 0.666. The van der Waals surface area contributed by atoms with Crippen molar-refractivity contribution in [3.8, 4) is 17.0 Å². The lowest BCUT2D eigenvalue weighted by Crippen LogP contribution is -2.28. The number of nitrogens with zero attached hydrogens (tertiary/aromatic N) is 2. The fraction of sp³-hybridized carbons (Fsp3) is 0.250. The van der Waals surface area contributed by atoms with Crippen LogP contribution in [0.25, 0.3) is 11.3 Å². The normalized spacial score (nSPS) is 15.2. The molecule has 1 unspecified atom stereocenters. The molecular weight excluding hydrogens is 362 g/mol. The van der Waals surface area contributed by atoms with Crippen LogP contribution in [-0.2, 0) is 17.8 Å². The van der Waals surface area contributed by atoms with Crippen LogP contribution >= 0.6 is 0 Å². The van der Waals surface area contributed by atoms with E-state index in [1.807, 2.05) is 55.6 Å². The summed E-state index contributed by atoms with van der Waals surface area (Å²) in [6.45, 7) is 5.90. The second-order valence-corrected chi connectivity index (χ2v) is 6.87. The molecule has 0 saturated heterocycles. The smallest absolute Gasteiger partial charge is 0.222 e. The summed E-state index contributed by atoms with van der Waals surface area (Å²) in [5.41, 5.74) is 3.13. The molecule has 5 heteroatoms. The highest BCUT2D eigenvalue weighted by Gasteiger charge is 2.25. The number of ether oxygens (including phenoxy) is 1. The summed E-state index contributed by atoms with van der Waals surface area (Å²) in [7, 11) is 1.66. The topological polar surface area (TPSA) is 56.1 Å². The zero-order valence-electron chi connectivity index (χ0n) is 17.0. The van der Waals surface area contributed by atoms with E-state index >= 15 is 0 Å². The molecule has 4 rings (SSSR count). The maximum Gasteiger partial charge on any atom is 0.222 e. The minimum Gasteiger partial charge on any atom is -0.497 e. The lowest BCUT2D eigenvalue weighted by atomic mass is 10.1. The van der Waals surface area contributed by atoms with E-state index in [1.165, 1.54) is 5.56 Å². The van der Waals surface area contributed by atoms with Gasteiger partial charge in [-0.3, -0.25) is 4.79 Å². The number of fused-ring (bicyclic) bond motifs is 1. The van der Waals surface area contributed by atoms with E-state index in [-0.39, 0.29) is 11.9 Å². The summed E-state index contributed by atoms with van der Waals surface area (Å²) < 4.78 is 7.33. The minimum absolute atomic E-state index is 0.0717. The first-order valence-corrected chi connectivity index (χ1v) is 9.76. The zero-order chi connectivity index (χ0) is 20.6. The molecule has 1 amide bonds. The number of aromatic nitrogens is 2. The van der Waals surface area contributed by atoms with E-state index in [0.29, 0.717) is 13.0 Å². The van der Waals surface area contributed by atoms with Crippen molar-refractivity contribution in [3.63, 3.8) is 0 Å². The van der Waals surface area contributed by atoms with Crippen LogP contribution in [0.5, 0.6) is 5.75 Å². The third-order valence-electron chi connectivity index (χ3n) is 4.70. The molecule has 1 aromatic heterocycles. The van der Waals surface area contributed by atoms with Crippen LogP contribution in [-0.4, -0.2) is 22.6 Å². The first-order chi connectivity index (χ1) is 14.1. The first kappa shape index (κ1) is 20.4. The van der Waals surface area contributed by atoms with Gasteiger partial charge in [0, 0.05) is 24.7 Å². The van der Waals surface area contributed by atoms with Crippen LogP contribution in [0.4, 0.5) is 0 Å². The Hall–Kier alpha value is -3.34. The van der Waals surface area contributed by atoms with Crippen molar-refractivity contribution >= 4 is 5.91 Å². The predicted octanol–water partition coefficient (Wildman–Crippen LogP) is 4.55. The largest absolute Gasteiger partial charge is 0.497 e. The summed E-state index contributed by atoms with van der Waals surface area (Å²) >= 11 is 0. The van der Waals surface area contributed by atoms with Crippen LogP contribution in [0.3, 0.4) is 0 Å². The standard InChI is InChI=1S/C21H21N3O2.C3H6/c1-26-17-9-7-16(8-10-17)19-14-24-12-11-20(25)22-18(21(24)23-19)13-15-5-3-2-4-6-15;1-3-2/h2-10,14,18H,11-13H2,1H3,(H,22,25);3H,1H2,2H3. The van der Waals surface area contributed by atoms with Crippen molar-refractivity contribution < 1.29 is 9.53 Å². The summed E-state index contributed by atoms with van der Waals surface area (Å²) in [5, 5.41) is 3.12. The Kier molecular flexibility index (Phi) is 6.85. The number of aryl methyl sites for hydroxylation is 1. The molecule has 0 fully saturated rings. The number of carbonyl (C=O) groups excluding carboxylic acids is 1. The number of nitrogens with one attached hydrogen (secondary N) is 1. The van der Waals surface area contributed by atoms with Crippen LogP contribution in [0.2, 0.25) is 0 Å². The molecule has 0 saturated carbocycles. The number of hydrogen-bond donors (Lipinski definition) is 1. The molecular formula is C24H27N3O2. The zero-order valence-corrected chi connectivity index (χ0v) is 17.0. The summed E-state index contributed by atoms with van der Waals surface area (Å²) in [6, 6.07) is 17.9. The molecule has 1 aliphatic rings. The van der Waals surface area contributed by atoms with E-state index in [9.17, 15) is 4.79 Å². The van der Waals surface area contributed by atoms with E-state index in [4.69, 9.17) is 9.72 Å². The van der Waals surface area contributed by atoms with Crippen molar-refractivity contribution in [3.05, 3.63) is 84.8 Å². The Labute approximate surface area is 172 Å². The fourth-order valence-corrected chi connectivity index (χ4v) is 3.33. The molecule has 29 heavy (non-hydrogen) atoms. The SMILES string of the molecule is C=CC.COc1ccc(-c2cn3c(n2)C(Cc2ccccc2)NC(=O)CC3)cc1. The van der Waals surface area contributed by atoms with Gasteiger partial charge in [0.2, 0.25) is 5.91 Å². The Bertz CT molecular complexity index is 946. The molecule has 0 radical (unpaired) electrons. The number of imidazole rings is 1. The molecule has 1 N–H and O–H groups in total. The van der Waals surface area contributed by atoms with Gasteiger partial charge in [0.1, 0.15) is 11.6 Å². The third kappa shape index (κ3) is 5.13. The highest BCUT2D eigenvalue weighted by atomic mass is 16.5. The predicted molar refractivity (Wildman–Crippen MR) is 116 cm³/mol. The van der Waals surface area contributed by atoms with Crippen molar-refractivity contribution in [2.24, 2.45) is 0 Å². The van der Waals surface area contributed by atoms with Crippen molar-refractivity contribution in [2.75, 3.05) is 7.11 Å². The molecule has 1 aliphatic heterocycles. The number of hydrogen-bond acceptors (Lipinski definition) is 3. The lowest BCUT2D eigenvalue weighted by molar-refractivity contribution is -0.121. The third-order valence-corrected chi connectivity index (χ3v) is 4.70. The van der Waals surface area contributed by atoms with Gasteiger partial charge < -0.3 is 14.6 Å². The van der Waals surface area contributed by atoms with Gasteiger partial charge in [-0.15, -0.1) is 6.58 Å². The lowest BCUT2D eigenvalue weighted by Gasteiger charge is -2.16. The van der Waals surface area contributed by atoms with Crippen LogP contribution in [0, 0.1) is 0 Å². The number of benzene rings is 2. The van der Waals surface area contributed by atoms with Gasteiger partial charge in [-0.25, -0.2) is 4.98 Å². The van der Waals surface area contributed by atoms with Crippen molar-refractivity contribution in [1.82, 2.24) is 14.9 Å². The summed E-state index contributed by atoms with van der Waals surface area (Å²) in [5.74, 6) is 1.80. The number of carbonyl (C=O) groups is 1. The molecule has 3 aromatic rings. The molecule has 1 atom stereocenters. The van der Waals surface area contributed by atoms with E-state index in [1.54, 1.807) is 13.2 Å². The molecule has 0 bridgehead atoms. The second-order valence-electron chi connectivity index (χ2n) is 6.87. The van der Waals surface area contributed by atoms with Gasteiger partial charge in [-0.2, -0.15) is 0 Å². The summed E-state index contributed by atoms with van der Waals surface area (Å²) in [4.78, 5) is 17.0. The van der Waals surface area contributed by atoms with Crippen molar-refractivity contribution in [2.45, 2.75) is 32.4 Å². The van der Waals surface area contributed by atoms with Crippen LogP contribution < -0.4 is 10.1 Å². The van der Waals surface area contributed by atoms with Crippen LogP contribution in [0.15, 0.2) is 73.4 Å². The Morgan fingerprint density at radius 1 is 1.21 bits per heavy atom. The second kappa shape index (κ2) is 9.73. The summed E-state index contributed by atoms with van der Waals surface area (Å²) in [6.07, 6.45) is 4.98. The maximum absolute atomic E-state index is 12.1. The van der Waals surface area contributed by atoms with Gasteiger partial charge >= 0.3 is 0 Å². The number of methoxy groups -OCH3 is 1. The van der Waals surface area contributed by atoms with E-state index in [2.05, 4.69) is 28.6 Å². The number of allylic oxidation sites excluding steroid dienone is 1. The molecule has 2 aromatic carbocycles. The maximum atomic E-state index is 12.1. The Morgan fingerprint density at radius 3 is 2.55 bits per heavy atom. The van der Waals surface area contributed by atoms with E-state index < -0.39 is 0 Å². The van der Waals surface area contributed by atoms with Gasteiger partial charge in [0.05, 0.1) is 18.8 Å². The number of rotatable bonds is 4. The first-order valence-electron chi connectivity index (χ1n) is 9.76. The molecule has 150 valence electrons. The van der Waals surface area contributed by atoms with Crippen molar-refractivity contribution in [1.29, 1.82) is 0 Å². The van der Waals surface area contributed by atoms with Gasteiger partial charge in [-0.05, 0) is 43.2 Å². The average Bonchev–Trinajstić information content (AvgIpc) is 3.12. The molecule has 0 spiro atoms. The molecule has 2 heterocycles.